The Morgan fingerprint density at radius 1 is 1.14 bits per heavy atom. The summed E-state index contributed by atoms with van der Waals surface area (Å²) in [7, 11) is 1.54. The molecule has 3 rings (SSSR count). The summed E-state index contributed by atoms with van der Waals surface area (Å²) in [5, 5.41) is 18.6. The van der Waals surface area contributed by atoms with E-state index in [2.05, 4.69) is 15.3 Å². The second-order valence-corrected chi connectivity index (χ2v) is 4.43. The van der Waals surface area contributed by atoms with Gasteiger partial charge in [-0.05, 0) is 18.2 Å². The summed E-state index contributed by atoms with van der Waals surface area (Å²) in [6.45, 7) is 0. The number of benzene rings is 1. The number of methoxy groups -OCH3 is 1. The highest BCUT2D eigenvalue weighted by atomic mass is 16.5. The molecular formula is C15H14N4O2. The Morgan fingerprint density at radius 2 is 1.95 bits per heavy atom. The summed E-state index contributed by atoms with van der Waals surface area (Å²) in [6.07, 6.45) is 3.81. The van der Waals surface area contributed by atoms with Gasteiger partial charge in [0, 0.05) is 11.8 Å². The number of hydrogen-bond donors (Lipinski definition) is 1. The van der Waals surface area contributed by atoms with Crippen LogP contribution in [0.4, 0.5) is 0 Å². The van der Waals surface area contributed by atoms with Crippen molar-refractivity contribution in [3.05, 3.63) is 66.2 Å². The summed E-state index contributed by atoms with van der Waals surface area (Å²) in [5.74, 6) is 0.519. The van der Waals surface area contributed by atoms with Crippen molar-refractivity contribution in [3.63, 3.8) is 0 Å². The zero-order valence-corrected chi connectivity index (χ0v) is 11.4. The molecule has 0 aliphatic heterocycles. The van der Waals surface area contributed by atoms with E-state index in [1.165, 1.54) is 6.20 Å². The number of ether oxygens (including phenoxy) is 1. The van der Waals surface area contributed by atoms with Crippen LogP contribution in [0.25, 0.3) is 5.69 Å². The molecule has 3 aromatic rings. The molecule has 0 bridgehead atoms. The van der Waals surface area contributed by atoms with E-state index < -0.39 is 6.10 Å². The third-order valence-electron chi connectivity index (χ3n) is 3.19. The predicted molar refractivity (Wildman–Crippen MR) is 76.2 cm³/mol. The molecule has 0 aliphatic rings. The molecule has 2 heterocycles. The Hall–Kier alpha value is -2.73. The lowest BCUT2D eigenvalue weighted by atomic mass is 10.1. The van der Waals surface area contributed by atoms with Crippen LogP contribution in [0.15, 0.2) is 55.0 Å². The molecule has 6 nitrogen and oxygen atoms in total. The molecular weight excluding hydrogens is 268 g/mol. The SMILES string of the molecule is COc1cnccc1C(O)c1cnnn1-c1ccccc1. The quantitative estimate of drug-likeness (QED) is 0.789. The Morgan fingerprint density at radius 3 is 2.71 bits per heavy atom. The standard InChI is InChI=1S/C15H14N4O2/c1-21-14-10-16-8-7-12(14)15(20)13-9-17-18-19(13)11-5-3-2-4-6-11/h2-10,15,20H,1H3. The second-order valence-electron chi connectivity index (χ2n) is 4.43. The molecule has 0 aliphatic carbocycles. The minimum absolute atomic E-state index is 0.519. The fraction of sp³-hybridized carbons (Fsp3) is 0.133. The predicted octanol–water partition coefficient (Wildman–Crippen LogP) is 1.75. The molecule has 0 spiro atoms. The molecule has 0 radical (unpaired) electrons. The van der Waals surface area contributed by atoms with Crippen LogP contribution in [-0.2, 0) is 0 Å². The Kier molecular flexibility index (Phi) is 3.61. The number of hydrogen-bond acceptors (Lipinski definition) is 5. The first kappa shape index (κ1) is 13.3. The van der Waals surface area contributed by atoms with Crippen LogP contribution in [0, 0.1) is 0 Å². The molecule has 1 N–H and O–H groups in total. The minimum Gasteiger partial charge on any atom is -0.495 e. The van der Waals surface area contributed by atoms with Crippen molar-refractivity contribution in [1.82, 2.24) is 20.0 Å². The Bertz CT molecular complexity index is 727. The molecule has 0 saturated carbocycles. The van der Waals surface area contributed by atoms with Crippen LogP contribution in [0.2, 0.25) is 0 Å². The van der Waals surface area contributed by atoms with E-state index in [1.807, 2.05) is 30.3 Å². The lowest BCUT2D eigenvalue weighted by molar-refractivity contribution is 0.206. The molecule has 0 saturated heterocycles. The van der Waals surface area contributed by atoms with Crippen LogP contribution in [0.5, 0.6) is 5.75 Å². The summed E-state index contributed by atoms with van der Waals surface area (Å²) >= 11 is 0. The van der Waals surface area contributed by atoms with Crippen LogP contribution in [0.1, 0.15) is 17.4 Å². The fourth-order valence-corrected chi connectivity index (χ4v) is 2.15. The highest BCUT2D eigenvalue weighted by Gasteiger charge is 2.20. The van der Waals surface area contributed by atoms with Gasteiger partial charge >= 0.3 is 0 Å². The lowest BCUT2D eigenvalue weighted by Gasteiger charge is -2.15. The number of aliphatic hydroxyl groups is 1. The molecule has 1 aromatic carbocycles. The van der Waals surface area contributed by atoms with Crippen molar-refractivity contribution < 1.29 is 9.84 Å². The van der Waals surface area contributed by atoms with Gasteiger partial charge in [-0.1, -0.05) is 23.4 Å². The lowest BCUT2D eigenvalue weighted by Crippen LogP contribution is -2.09. The monoisotopic (exact) mass is 282 g/mol. The van der Waals surface area contributed by atoms with Crippen LogP contribution < -0.4 is 4.74 Å². The van der Waals surface area contributed by atoms with Crippen LogP contribution in [0.3, 0.4) is 0 Å². The number of aromatic nitrogens is 4. The van der Waals surface area contributed by atoms with Gasteiger partial charge in [-0.2, -0.15) is 0 Å². The zero-order valence-electron chi connectivity index (χ0n) is 11.4. The van der Waals surface area contributed by atoms with Crippen LogP contribution >= 0.6 is 0 Å². The normalized spacial score (nSPS) is 12.1. The number of aliphatic hydroxyl groups excluding tert-OH is 1. The topological polar surface area (TPSA) is 73.1 Å². The summed E-state index contributed by atoms with van der Waals surface area (Å²) in [5.41, 5.74) is 2.01. The van der Waals surface area contributed by atoms with E-state index in [0.29, 0.717) is 17.0 Å². The van der Waals surface area contributed by atoms with Gasteiger partial charge in [-0.25, -0.2) is 4.68 Å². The van der Waals surface area contributed by atoms with Gasteiger partial charge in [-0.3, -0.25) is 4.98 Å². The first-order valence-electron chi connectivity index (χ1n) is 6.43. The maximum absolute atomic E-state index is 10.6. The number of nitrogens with zero attached hydrogens (tertiary/aromatic N) is 4. The smallest absolute Gasteiger partial charge is 0.143 e. The van der Waals surface area contributed by atoms with Gasteiger partial charge in [0.1, 0.15) is 11.9 Å². The van der Waals surface area contributed by atoms with Gasteiger partial charge in [0.05, 0.1) is 30.9 Å². The molecule has 2 aromatic heterocycles. The minimum atomic E-state index is -0.904. The summed E-state index contributed by atoms with van der Waals surface area (Å²) in [4.78, 5) is 3.99. The van der Waals surface area contributed by atoms with Crippen molar-refractivity contribution in [2.24, 2.45) is 0 Å². The molecule has 6 heteroatoms. The van der Waals surface area contributed by atoms with Crippen molar-refractivity contribution in [2.75, 3.05) is 7.11 Å². The van der Waals surface area contributed by atoms with E-state index in [-0.39, 0.29) is 0 Å². The molecule has 106 valence electrons. The first-order chi connectivity index (χ1) is 10.3. The molecule has 0 amide bonds. The van der Waals surface area contributed by atoms with E-state index in [4.69, 9.17) is 4.74 Å². The van der Waals surface area contributed by atoms with Crippen molar-refractivity contribution >= 4 is 0 Å². The molecule has 1 unspecified atom stereocenters. The highest BCUT2D eigenvalue weighted by Crippen LogP contribution is 2.29. The molecule has 21 heavy (non-hydrogen) atoms. The fourth-order valence-electron chi connectivity index (χ4n) is 2.15. The van der Waals surface area contributed by atoms with E-state index in [1.54, 1.807) is 30.3 Å². The Labute approximate surface area is 121 Å². The van der Waals surface area contributed by atoms with Gasteiger partial charge in [-0.15, -0.1) is 5.10 Å². The Balaban J connectivity index is 2.04. The summed E-state index contributed by atoms with van der Waals surface area (Å²) < 4.78 is 6.84. The van der Waals surface area contributed by atoms with Crippen molar-refractivity contribution in [1.29, 1.82) is 0 Å². The number of pyridine rings is 1. The first-order valence-corrected chi connectivity index (χ1v) is 6.43. The maximum Gasteiger partial charge on any atom is 0.143 e. The number of para-hydroxylation sites is 1. The molecule has 0 fully saturated rings. The van der Waals surface area contributed by atoms with E-state index in [9.17, 15) is 5.11 Å². The number of rotatable bonds is 4. The molecule has 1 atom stereocenters. The zero-order chi connectivity index (χ0) is 14.7. The van der Waals surface area contributed by atoms with Crippen molar-refractivity contribution in [2.45, 2.75) is 6.10 Å². The average molecular weight is 282 g/mol. The average Bonchev–Trinajstić information content (AvgIpc) is 3.04. The largest absolute Gasteiger partial charge is 0.495 e. The van der Waals surface area contributed by atoms with Gasteiger partial charge < -0.3 is 9.84 Å². The van der Waals surface area contributed by atoms with Gasteiger partial charge in [0.15, 0.2) is 0 Å². The maximum atomic E-state index is 10.6. The van der Waals surface area contributed by atoms with E-state index >= 15 is 0 Å². The highest BCUT2D eigenvalue weighted by molar-refractivity contribution is 5.38. The van der Waals surface area contributed by atoms with Gasteiger partial charge in [0.2, 0.25) is 0 Å². The third-order valence-corrected chi connectivity index (χ3v) is 3.19. The van der Waals surface area contributed by atoms with Crippen LogP contribution in [-0.4, -0.2) is 32.2 Å². The van der Waals surface area contributed by atoms with Gasteiger partial charge in [0.25, 0.3) is 0 Å². The van der Waals surface area contributed by atoms with Crippen molar-refractivity contribution in [3.8, 4) is 11.4 Å². The second kappa shape index (κ2) is 5.72. The summed E-state index contributed by atoms with van der Waals surface area (Å²) in [6, 6.07) is 11.2. The third kappa shape index (κ3) is 2.48. The van der Waals surface area contributed by atoms with E-state index in [0.717, 1.165) is 5.69 Å².